The van der Waals surface area contributed by atoms with Crippen LogP contribution in [0, 0.1) is 0 Å². The summed E-state index contributed by atoms with van der Waals surface area (Å²) in [6.45, 7) is -1.85. The Kier molecular flexibility index (Phi) is 5.23. The number of hydrogen-bond donors (Lipinski definition) is 1. The monoisotopic (exact) mass is 412 g/mol. The molecule has 0 aliphatic carbocycles. The van der Waals surface area contributed by atoms with Crippen LogP contribution < -0.4 is 10.5 Å². The van der Waals surface area contributed by atoms with Crippen LogP contribution in [0.25, 0.3) is 16.8 Å². The molecular formula is C18H13F5N4O2. The van der Waals surface area contributed by atoms with E-state index in [9.17, 15) is 26.7 Å². The minimum Gasteiger partial charge on any atom is -0.486 e. The Hall–Kier alpha value is -3.50. The predicted molar refractivity (Wildman–Crippen MR) is 91.8 cm³/mol. The number of ether oxygens (including phenoxy) is 1. The van der Waals surface area contributed by atoms with Gasteiger partial charge >= 0.3 is 12.1 Å². The first-order valence-electron chi connectivity index (χ1n) is 8.07. The van der Waals surface area contributed by atoms with Crippen LogP contribution in [0.15, 0.2) is 54.9 Å². The highest BCUT2D eigenvalue weighted by Gasteiger charge is 2.58. The van der Waals surface area contributed by atoms with Gasteiger partial charge in [-0.25, -0.2) is 9.67 Å². The van der Waals surface area contributed by atoms with Gasteiger partial charge in [-0.3, -0.25) is 4.79 Å². The van der Waals surface area contributed by atoms with Crippen molar-refractivity contribution in [3.05, 3.63) is 60.7 Å². The molecule has 0 unspecified atom stereocenters. The lowest BCUT2D eigenvalue weighted by Crippen LogP contribution is -2.41. The average molecular weight is 412 g/mol. The van der Waals surface area contributed by atoms with E-state index in [-0.39, 0.29) is 11.6 Å². The Bertz CT molecular complexity index is 1030. The molecule has 0 aliphatic rings. The lowest BCUT2D eigenvalue weighted by molar-refractivity contribution is -0.289. The fourth-order valence-corrected chi connectivity index (χ4v) is 2.40. The fourth-order valence-electron chi connectivity index (χ4n) is 2.40. The average Bonchev–Trinajstić information content (AvgIpc) is 3.16. The Labute approximate surface area is 160 Å². The number of amides is 1. The van der Waals surface area contributed by atoms with E-state index in [1.807, 2.05) is 0 Å². The number of halogens is 5. The van der Waals surface area contributed by atoms with Crippen LogP contribution in [-0.2, 0) is 0 Å². The van der Waals surface area contributed by atoms with Crippen LogP contribution in [0.5, 0.6) is 5.75 Å². The number of carbonyl (C=O) groups excluding carboxylic acids is 1. The lowest BCUT2D eigenvalue weighted by atomic mass is 10.0. The second kappa shape index (κ2) is 7.49. The third kappa shape index (κ3) is 4.33. The van der Waals surface area contributed by atoms with Crippen molar-refractivity contribution >= 4 is 5.91 Å². The summed E-state index contributed by atoms with van der Waals surface area (Å²) in [5.74, 6) is -6.16. The van der Waals surface area contributed by atoms with Crippen LogP contribution in [0.1, 0.15) is 10.6 Å². The van der Waals surface area contributed by atoms with Gasteiger partial charge in [0.05, 0.1) is 5.69 Å². The van der Waals surface area contributed by atoms with Crippen molar-refractivity contribution in [1.29, 1.82) is 0 Å². The first-order valence-corrected chi connectivity index (χ1v) is 8.07. The minimum atomic E-state index is -5.72. The molecule has 29 heavy (non-hydrogen) atoms. The summed E-state index contributed by atoms with van der Waals surface area (Å²) in [4.78, 5) is 14.9. The molecule has 0 radical (unpaired) electrons. The number of hydrogen-bond acceptors (Lipinski definition) is 4. The standard InChI is InChI=1S/C18H13F5N4O2/c19-17(20,18(21,22)23)9-29-14-7-2-1-6-13(14)11-4-3-5-12(8-11)27-10-25-16(26-27)15(24)28/h1-8,10H,9H2,(H2,24,28). The molecule has 1 aromatic heterocycles. The molecule has 6 nitrogen and oxygen atoms in total. The van der Waals surface area contributed by atoms with E-state index in [0.717, 1.165) is 0 Å². The van der Waals surface area contributed by atoms with Crippen molar-refractivity contribution in [2.75, 3.05) is 6.61 Å². The van der Waals surface area contributed by atoms with Gasteiger partial charge < -0.3 is 10.5 Å². The van der Waals surface area contributed by atoms with E-state index in [1.54, 1.807) is 30.3 Å². The van der Waals surface area contributed by atoms with Gasteiger partial charge in [-0.2, -0.15) is 22.0 Å². The number of para-hydroxylation sites is 1. The van der Waals surface area contributed by atoms with Crippen molar-refractivity contribution in [2.45, 2.75) is 12.1 Å². The van der Waals surface area contributed by atoms with E-state index in [4.69, 9.17) is 10.5 Å². The minimum absolute atomic E-state index is 0.148. The molecular weight excluding hydrogens is 399 g/mol. The molecule has 0 fully saturated rings. The number of rotatable bonds is 6. The number of nitrogens with two attached hydrogens (primary N) is 1. The van der Waals surface area contributed by atoms with E-state index in [0.29, 0.717) is 16.8 Å². The normalized spacial score (nSPS) is 12.0. The summed E-state index contributed by atoms with van der Waals surface area (Å²) in [6, 6.07) is 12.2. The quantitative estimate of drug-likeness (QED) is 0.627. The number of alkyl halides is 5. The molecule has 0 saturated carbocycles. The maximum Gasteiger partial charge on any atom is 0.456 e. The van der Waals surface area contributed by atoms with E-state index >= 15 is 0 Å². The van der Waals surface area contributed by atoms with Gasteiger partial charge in [0.15, 0.2) is 6.61 Å². The topological polar surface area (TPSA) is 83.0 Å². The molecule has 2 aromatic carbocycles. The van der Waals surface area contributed by atoms with Crippen molar-refractivity contribution in [1.82, 2.24) is 14.8 Å². The zero-order valence-corrected chi connectivity index (χ0v) is 14.5. The van der Waals surface area contributed by atoms with Gasteiger partial charge in [0.2, 0.25) is 5.82 Å². The van der Waals surface area contributed by atoms with Gasteiger partial charge in [0.1, 0.15) is 12.1 Å². The highest BCUT2D eigenvalue weighted by atomic mass is 19.4. The Balaban J connectivity index is 1.91. The molecule has 3 aromatic rings. The molecule has 11 heteroatoms. The first-order chi connectivity index (χ1) is 13.6. The zero-order chi connectivity index (χ0) is 21.2. The molecule has 1 amide bonds. The van der Waals surface area contributed by atoms with Crippen molar-refractivity contribution in [3.63, 3.8) is 0 Å². The molecule has 1 heterocycles. The maximum absolute atomic E-state index is 13.2. The lowest BCUT2D eigenvalue weighted by Gasteiger charge is -2.21. The number of carbonyl (C=O) groups is 1. The fraction of sp³-hybridized carbons (Fsp3) is 0.167. The van der Waals surface area contributed by atoms with Crippen LogP contribution in [-0.4, -0.2) is 39.4 Å². The van der Waals surface area contributed by atoms with Crippen molar-refractivity contribution in [2.24, 2.45) is 5.73 Å². The largest absolute Gasteiger partial charge is 0.486 e. The summed E-state index contributed by atoms with van der Waals surface area (Å²) < 4.78 is 69.6. The highest BCUT2D eigenvalue weighted by molar-refractivity contribution is 5.88. The zero-order valence-electron chi connectivity index (χ0n) is 14.5. The Morgan fingerprint density at radius 1 is 1.07 bits per heavy atom. The number of benzene rings is 2. The second-order valence-electron chi connectivity index (χ2n) is 5.91. The summed E-state index contributed by atoms with van der Waals surface area (Å²) in [5.41, 5.74) is 6.32. The van der Waals surface area contributed by atoms with Crippen molar-refractivity contribution in [3.8, 4) is 22.6 Å². The van der Waals surface area contributed by atoms with Crippen LogP contribution in [0.4, 0.5) is 22.0 Å². The molecule has 0 atom stereocenters. The highest BCUT2D eigenvalue weighted by Crippen LogP contribution is 2.37. The second-order valence-corrected chi connectivity index (χ2v) is 5.91. The number of primary amides is 1. The molecule has 3 rings (SSSR count). The van der Waals surface area contributed by atoms with Crippen LogP contribution in [0.3, 0.4) is 0 Å². The van der Waals surface area contributed by atoms with Crippen molar-refractivity contribution < 1.29 is 31.5 Å². The summed E-state index contributed by atoms with van der Waals surface area (Å²) in [7, 11) is 0. The van der Waals surface area contributed by atoms with E-state index < -0.39 is 24.6 Å². The van der Waals surface area contributed by atoms with Crippen LogP contribution >= 0.6 is 0 Å². The van der Waals surface area contributed by atoms with Gasteiger partial charge in [0.25, 0.3) is 5.91 Å². The number of nitrogens with zero attached hydrogens (tertiary/aromatic N) is 3. The summed E-state index contributed by atoms with van der Waals surface area (Å²) in [5, 5.41) is 3.91. The number of aromatic nitrogens is 3. The third-order valence-corrected chi connectivity index (χ3v) is 3.84. The molecule has 0 aliphatic heterocycles. The third-order valence-electron chi connectivity index (χ3n) is 3.84. The van der Waals surface area contributed by atoms with E-state index in [2.05, 4.69) is 10.1 Å². The SMILES string of the molecule is NC(=O)c1ncn(-c2cccc(-c3ccccc3OCC(F)(F)C(F)(F)F)c2)n1. The van der Waals surface area contributed by atoms with Crippen LogP contribution in [0.2, 0.25) is 0 Å². The maximum atomic E-state index is 13.2. The summed E-state index contributed by atoms with van der Waals surface area (Å²) >= 11 is 0. The molecule has 0 spiro atoms. The predicted octanol–water partition coefficient (Wildman–Crippen LogP) is 3.61. The van der Waals surface area contributed by atoms with Gasteiger partial charge in [0, 0.05) is 5.56 Å². The Morgan fingerprint density at radius 3 is 2.45 bits per heavy atom. The summed E-state index contributed by atoms with van der Waals surface area (Å²) in [6.07, 6.45) is -4.46. The van der Waals surface area contributed by atoms with Gasteiger partial charge in [-0.05, 0) is 23.8 Å². The first kappa shape index (κ1) is 20.2. The molecule has 0 saturated heterocycles. The van der Waals surface area contributed by atoms with Gasteiger partial charge in [-0.1, -0.05) is 30.3 Å². The van der Waals surface area contributed by atoms with E-state index in [1.165, 1.54) is 29.2 Å². The molecule has 0 bridgehead atoms. The molecule has 152 valence electrons. The Morgan fingerprint density at radius 2 is 1.79 bits per heavy atom. The molecule has 2 N–H and O–H groups in total. The van der Waals surface area contributed by atoms with Gasteiger partial charge in [-0.15, -0.1) is 5.10 Å². The smallest absolute Gasteiger partial charge is 0.456 e.